The fourth-order valence-electron chi connectivity index (χ4n) is 1.59. The molecule has 2 N–H and O–H groups in total. The Hall–Kier alpha value is -1.34. The summed E-state index contributed by atoms with van der Waals surface area (Å²) in [5.74, 6) is -0.719. The molecule has 0 atom stereocenters. The first-order valence-corrected chi connectivity index (χ1v) is 6.73. The molecule has 0 radical (unpaired) electrons. The van der Waals surface area contributed by atoms with E-state index >= 15 is 0 Å². The molecule has 0 spiro atoms. The monoisotopic (exact) mass is 258 g/mol. The molecule has 1 aliphatic carbocycles. The Morgan fingerprint density at radius 2 is 2.24 bits per heavy atom. The summed E-state index contributed by atoms with van der Waals surface area (Å²) in [6, 6.07) is 1.14. The third kappa shape index (κ3) is 2.50. The number of sulfonamides is 1. The van der Waals surface area contributed by atoms with E-state index in [0.717, 1.165) is 18.9 Å². The van der Waals surface area contributed by atoms with E-state index in [1.807, 2.05) is 0 Å². The Morgan fingerprint density at radius 1 is 1.59 bits per heavy atom. The zero-order valence-electron chi connectivity index (χ0n) is 9.38. The molecule has 6 nitrogen and oxygen atoms in total. The summed E-state index contributed by atoms with van der Waals surface area (Å²) in [7, 11) is -2.05. The van der Waals surface area contributed by atoms with Gasteiger partial charge in [0.05, 0.1) is 0 Å². The van der Waals surface area contributed by atoms with Gasteiger partial charge in [-0.1, -0.05) is 0 Å². The number of nitrogens with zero attached hydrogens (tertiary/aromatic N) is 1. The summed E-state index contributed by atoms with van der Waals surface area (Å²) < 4.78 is 25.4. The number of hydrogen-bond acceptors (Lipinski definition) is 3. The Kier molecular flexibility index (Phi) is 2.96. The Morgan fingerprint density at radius 3 is 2.71 bits per heavy atom. The molecule has 1 heterocycles. The van der Waals surface area contributed by atoms with Gasteiger partial charge in [0, 0.05) is 19.8 Å². The smallest absolute Gasteiger partial charge is 0.352 e. The molecule has 0 unspecified atom stereocenters. The van der Waals surface area contributed by atoms with Gasteiger partial charge in [0.15, 0.2) is 0 Å². The lowest BCUT2D eigenvalue weighted by molar-refractivity contribution is 0.0691. The maximum atomic E-state index is 12.0. The second-order valence-electron chi connectivity index (χ2n) is 4.28. The van der Waals surface area contributed by atoms with Crippen molar-refractivity contribution in [2.24, 2.45) is 5.92 Å². The molecule has 7 heteroatoms. The summed E-state index contributed by atoms with van der Waals surface area (Å²) >= 11 is 0. The minimum Gasteiger partial charge on any atom is -0.477 e. The lowest BCUT2D eigenvalue weighted by Gasteiger charge is -2.15. The number of aromatic carboxylic acids is 1. The van der Waals surface area contributed by atoms with E-state index < -0.39 is 16.0 Å². The van der Waals surface area contributed by atoms with Crippen LogP contribution in [0.1, 0.15) is 23.3 Å². The van der Waals surface area contributed by atoms with Gasteiger partial charge in [0.1, 0.15) is 10.6 Å². The molecular weight excluding hydrogens is 244 g/mol. The second-order valence-corrected chi connectivity index (χ2v) is 6.33. The van der Waals surface area contributed by atoms with E-state index in [2.05, 4.69) is 4.98 Å². The number of carboxylic acids is 1. The highest BCUT2D eigenvalue weighted by atomic mass is 32.2. The van der Waals surface area contributed by atoms with Gasteiger partial charge >= 0.3 is 5.97 Å². The minimum absolute atomic E-state index is 0.00181. The fraction of sp³-hybridized carbons (Fsp3) is 0.500. The molecule has 0 bridgehead atoms. The van der Waals surface area contributed by atoms with Crippen LogP contribution in [-0.4, -0.2) is 42.4 Å². The van der Waals surface area contributed by atoms with Crippen LogP contribution in [-0.2, 0) is 10.0 Å². The molecule has 1 saturated carbocycles. The van der Waals surface area contributed by atoms with E-state index in [9.17, 15) is 13.2 Å². The predicted octanol–water partition coefficient (Wildman–Crippen LogP) is 0.743. The van der Waals surface area contributed by atoms with Crippen LogP contribution >= 0.6 is 0 Å². The van der Waals surface area contributed by atoms with Crippen LogP contribution in [0, 0.1) is 5.92 Å². The topological polar surface area (TPSA) is 90.5 Å². The first-order chi connectivity index (χ1) is 7.91. The van der Waals surface area contributed by atoms with Gasteiger partial charge in [0.2, 0.25) is 10.0 Å². The summed E-state index contributed by atoms with van der Waals surface area (Å²) in [4.78, 5) is 13.1. The van der Waals surface area contributed by atoms with Crippen LogP contribution < -0.4 is 0 Å². The van der Waals surface area contributed by atoms with Crippen molar-refractivity contribution in [1.29, 1.82) is 0 Å². The van der Waals surface area contributed by atoms with Crippen LogP contribution in [0.5, 0.6) is 0 Å². The summed E-state index contributed by atoms with van der Waals surface area (Å²) in [5.41, 5.74) is -0.122. The highest BCUT2D eigenvalue weighted by Crippen LogP contribution is 2.31. The molecule has 0 amide bonds. The quantitative estimate of drug-likeness (QED) is 0.815. The zero-order valence-corrected chi connectivity index (χ0v) is 10.2. The molecular formula is C10H14N2O4S. The van der Waals surface area contributed by atoms with Gasteiger partial charge in [-0.3, -0.25) is 0 Å². The molecule has 0 saturated heterocycles. The number of aromatic amines is 1. The largest absolute Gasteiger partial charge is 0.477 e. The lowest BCUT2D eigenvalue weighted by Crippen LogP contribution is -2.28. The number of hydrogen-bond donors (Lipinski definition) is 2. The van der Waals surface area contributed by atoms with Crippen molar-refractivity contribution in [3.8, 4) is 0 Å². The van der Waals surface area contributed by atoms with E-state index in [0.29, 0.717) is 12.5 Å². The highest BCUT2D eigenvalue weighted by Gasteiger charge is 2.29. The molecule has 1 aromatic heterocycles. The van der Waals surface area contributed by atoms with E-state index in [-0.39, 0.29) is 10.6 Å². The number of aromatic nitrogens is 1. The second kappa shape index (κ2) is 4.15. The molecule has 1 fully saturated rings. The van der Waals surface area contributed by atoms with Gasteiger partial charge in [-0.2, -0.15) is 0 Å². The van der Waals surface area contributed by atoms with E-state index in [4.69, 9.17) is 5.11 Å². The molecule has 94 valence electrons. The van der Waals surface area contributed by atoms with Gasteiger partial charge < -0.3 is 10.1 Å². The molecule has 2 rings (SSSR count). The summed E-state index contributed by atoms with van der Waals surface area (Å²) in [6.45, 7) is 0.496. The third-order valence-electron chi connectivity index (χ3n) is 2.81. The minimum atomic E-state index is -3.57. The van der Waals surface area contributed by atoms with Gasteiger partial charge in [-0.15, -0.1) is 0 Å². The first kappa shape index (κ1) is 12.1. The van der Waals surface area contributed by atoms with Crippen molar-refractivity contribution in [3.05, 3.63) is 18.0 Å². The Labute approximate surface area is 99.3 Å². The average molecular weight is 258 g/mol. The first-order valence-electron chi connectivity index (χ1n) is 5.29. The molecule has 1 aliphatic rings. The highest BCUT2D eigenvalue weighted by molar-refractivity contribution is 7.89. The number of carboxylic acid groups (broad SMARTS) is 1. The zero-order chi connectivity index (χ0) is 12.6. The predicted molar refractivity (Wildman–Crippen MR) is 60.3 cm³/mol. The van der Waals surface area contributed by atoms with Crippen molar-refractivity contribution in [1.82, 2.24) is 9.29 Å². The summed E-state index contributed by atoms with van der Waals surface area (Å²) in [5, 5.41) is 8.72. The number of carbonyl (C=O) groups is 1. The van der Waals surface area contributed by atoms with Crippen LogP contribution in [0.3, 0.4) is 0 Å². The van der Waals surface area contributed by atoms with Crippen molar-refractivity contribution >= 4 is 16.0 Å². The normalized spacial score (nSPS) is 16.4. The molecule has 17 heavy (non-hydrogen) atoms. The average Bonchev–Trinajstić information content (AvgIpc) is 2.91. The molecule has 0 aromatic carbocycles. The van der Waals surface area contributed by atoms with Crippen molar-refractivity contribution in [2.45, 2.75) is 17.7 Å². The van der Waals surface area contributed by atoms with Crippen molar-refractivity contribution in [3.63, 3.8) is 0 Å². The molecule has 1 aromatic rings. The number of rotatable bonds is 5. The van der Waals surface area contributed by atoms with Crippen LogP contribution in [0.15, 0.2) is 17.2 Å². The lowest BCUT2D eigenvalue weighted by atomic mass is 10.4. The maximum absolute atomic E-state index is 12.0. The van der Waals surface area contributed by atoms with Gasteiger partial charge in [0.25, 0.3) is 0 Å². The maximum Gasteiger partial charge on any atom is 0.352 e. The number of nitrogens with one attached hydrogen (secondary N) is 1. The van der Waals surface area contributed by atoms with Crippen LogP contribution in [0.2, 0.25) is 0 Å². The van der Waals surface area contributed by atoms with Crippen LogP contribution in [0.25, 0.3) is 0 Å². The van der Waals surface area contributed by atoms with E-state index in [1.165, 1.54) is 17.5 Å². The Bertz CT molecular complexity index is 530. The van der Waals surface area contributed by atoms with Gasteiger partial charge in [-0.05, 0) is 24.8 Å². The SMILES string of the molecule is CN(CC1CC1)S(=O)(=O)c1c[nH]c(C(=O)O)c1. The van der Waals surface area contributed by atoms with Crippen molar-refractivity contribution in [2.75, 3.05) is 13.6 Å². The van der Waals surface area contributed by atoms with Crippen LogP contribution in [0.4, 0.5) is 0 Å². The Balaban J connectivity index is 2.20. The van der Waals surface area contributed by atoms with E-state index in [1.54, 1.807) is 0 Å². The van der Waals surface area contributed by atoms with Gasteiger partial charge in [-0.25, -0.2) is 17.5 Å². The summed E-state index contributed by atoms with van der Waals surface area (Å²) in [6.07, 6.45) is 3.34. The number of H-pyrrole nitrogens is 1. The van der Waals surface area contributed by atoms with Crippen molar-refractivity contribution < 1.29 is 18.3 Å². The third-order valence-corrected chi connectivity index (χ3v) is 4.61. The molecule has 0 aliphatic heterocycles. The fourth-order valence-corrected chi connectivity index (χ4v) is 2.83. The standard InChI is InChI=1S/C10H14N2O4S/c1-12(6-7-2-3-7)17(15,16)8-4-9(10(13)14)11-5-8/h4-5,7,11H,2-3,6H2,1H3,(H,13,14).